The standard InChI is InChI=1S/C29H21FO3/c1-32-24-17-15-19-9-5-7-13-22(19)26(24)27-23-14-8-6-10-20(23)16-18-25(27)33-29(31)28(30)21-11-3-2-4-12-21/h2-18,28H,1H3. The molecule has 0 aliphatic heterocycles. The Morgan fingerprint density at radius 2 is 1.18 bits per heavy atom. The van der Waals surface area contributed by atoms with E-state index in [9.17, 15) is 9.18 Å². The molecule has 0 saturated heterocycles. The zero-order valence-electron chi connectivity index (χ0n) is 18.0. The number of carbonyl (C=O) groups is 1. The van der Waals surface area contributed by atoms with Gasteiger partial charge in [0, 0.05) is 11.1 Å². The summed E-state index contributed by atoms with van der Waals surface area (Å²) in [4.78, 5) is 12.8. The molecule has 0 amide bonds. The number of hydrogen-bond acceptors (Lipinski definition) is 3. The molecule has 0 saturated carbocycles. The first-order valence-electron chi connectivity index (χ1n) is 10.7. The first-order valence-corrected chi connectivity index (χ1v) is 10.7. The van der Waals surface area contributed by atoms with E-state index >= 15 is 0 Å². The van der Waals surface area contributed by atoms with Gasteiger partial charge in [0.15, 0.2) is 0 Å². The molecule has 0 bridgehead atoms. The molecule has 0 aliphatic rings. The summed E-state index contributed by atoms with van der Waals surface area (Å²) < 4.78 is 26.4. The number of fused-ring (bicyclic) bond motifs is 2. The topological polar surface area (TPSA) is 35.5 Å². The monoisotopic (exact) mass is 436 g/mol. The molecule has 33 heavy (non-hydrogen) atoms. The van der Waals surface area contributed by atoms with Crippen LogP contribution in [0.3, 0.4) is 0 Å². The normalized spacial score (nSPS) is 11.9. The number of rotatable bonds is 5. The van der Waals surface area contributed by atoms with E-state index in [0.29, 0.717) is 11.3 Å². The van der Waals surface area contributed by atoms with E-state index in [1.165, 1.54) is 0 Å². The molecule has 0 spiro atoms. The third-order valence-corrected chi connectivity index (χ3v) is 5.76. The Hall–Kier alpha value is -4.18. The van der Waals surface area contributed by atoms with Crippen molar-refractivity contribution in [2.45, 2.75) is 6.17 Å². The van der Waals surface area contributed by atoms with Crippen molar-refractivity contribution in [3.05, 3.63) is 109 Å². The SMILES string of the molecule is COc1ccc2ccccc2c1-c1c(OC(=O)C(F)c2ccccc2)ccc2ccccc12. The molecular weight excluding hydrogens is 415 g/mol. The molecule has 0 heterocycles. The van der Waals surface area contributed by atoms with E-state index in [1.807, 2.05) is 66.7 Å². The van der Waals surface area contributed by atoms with Crippen LogP contribution < -0.4 is 9.47 Å². The molecule has 0 N–H and O–H groups in total. The van der Waals surface area contributed by atoms with E-state index < -0.39 is 12.1 Å². The van der Waals surface area contributed by atoms with Crippen LogP contribution in [0.4, 0.5) is 4.39 Å². The van der Waals surface area contributed by atoms with Gasteiger partial charge in [-0.25, -0.2) is 9.18 Å². The van der Waals surface area contributed by atoms with Crippen molar-refractivity contribution in [1.29, 1.82) is 0 Å². The van der Waals surface area contributed by atoms with Crippen LogP contribution in [0.25, 0.3) is 32.7 Å². The third kappa shape index (κ3) is 3.80. The number of hydrogen-bond donors (Lipinski definition) is 0. The zero-order valence-corrected chi connectivity index (χ0v) is 18.0. The summed E-state index contributed by atoms with van der Waals surface area (Å²) in [6, 6.07) is 31.5. The molecule has 5 aromatic carbocycles. The molecule has 1 atom stereocenters. The Morgan fingerprint density at radius 3 is 1.79 bits per heavy atom. The van der Waals surface area contributed by atoms with E-state index in [2.05, 4.69) is 0 Å². The fraction of sp³-hybridized carbons (Fsp3) is 0.0690. The van der Waals surface area contributed by atoms with Crippen LogP contribution >= 0.6 is 0 Å². The van der Waals surface area contributed by atoms with Gasteiger partial charge in [-0.3, -0.25) is 0 Å². The van der Waals surface area contributed by atoms with E-state index in [4.69, 9.17) is 9.47 Å². The number of benzene rings is 5. The quantitative estimate of drug-likeness (QED) is 0.214. The first-order chi connectivity index (χ1) is 16.2. The van der Waals surface area contributed by atoms with Gasteiger partial charge in [-0.1, -0.05) is 91.0 Å². The number of alkyl halides is 1. The number of esters is 1. The van der Waals surface area contributed by atoms with E-state index in [1.54, 1.807) is 43.5 Å². The predicted molar refractivity (Wildman–Crippen MR) is 129 cm³/mol. The second kappa shape index (κ2) is 8.75. The van der Waals surface area contributed by atoms with Crippen LogP contribution in [-0.4, -0.2) is 13.1 Å². The Balaban J connectivity index is 1.72. The van der Waals surface area contributed by atoms with Crippen molar-refractivity contribution in [3.8, 4) is 22.6 Å². The molecule has 5 aromatic rings. The van der Waals surface area contributed by atoms with Crippen molar-refractivity contribution in [2.24, 2.45) is 0 Å². The summed E-state index contributed by atoms with van der Waals surface area (Å²) in [6.45, 7) is 0. The maximum Gasteiger partial charge on any atom is 0.350 e. The molecule has 162 valence electrons. The van der Waals surface area contributed by atoms with E-state index in [0.717, 1.165) is 27.1 Å². The average molecular weight is 436 g/mol. The molecule has 0 aromatic heterocycles. The second-order valence-corrected chi connectivity index (χ2v) is 7.72. The summed E-state index contributed by atoms with van der Waals surface area (Å²) in [5.74, 6) is -0.0360. The Labute approximate surface area is 191 Å². The summed E-state index contributed by atoms with van der Waals surface area (Å²) >= 11 is 0. The highest BCUT2D eigenvalue weighted by Crippen LogP contribution is 2.45. The number of ether oxygens (including phenoxy) is 2. The maximum absolute atomic E-state index is 15.0. The van der Waals surface area contributed by atoms with Crippen LogP contribution in [0.2, 0.25) is 0 Å². The zero-order chi connectivity index (χ0) is 22.8. The molecule has 5 rings (SSSR count). The summed E-state index contributed by atoms with van der Waals surface area (Å²) in [5, 5.41) is 3.83. The van der Waals surface area contributed by atoms with Gasteiger partial charge in [0.25, 0.3) is 0 Å². The Morgan fingerprint density at radius 1 is 0.667 bits per heavy atom. The molecule has 3 nitrogen and oxygen atoms in total. The lowest BCUT2D eigenvalue weighted by Gasteiger charge is -2.18. The molecule has 0 aliphatic carbocycles. The molecule has 4 heteroatoms. The van der Waals surface area contributed by atoms with Crippen LogP contribution in [0, 0.1) is 0 Å². The van der Waals surface area contributed by atoms with E-state index in [-0.39, 0.29) is 11.3 Å². The van der Waals surface area contributed by atoms with Crippen molar-refractivity contribution in [1.82, 2.24) is 0 Å². The predicted octanol–water partition coefficient (Wildman–Crippen LogP) is 7.28. The Kier molecular flexibility index (Phi) is 5.49. The summed E-state index contributed by atoms with van der Waals surface area (Å²) in [7, 11) is 1.61. The highest BCUT2D eigenvalue weighted by molar-refractivity contribution is 6.10. The third-order valence-electron chi connectivity index (χ3n) is 5.76. The number of carbonyl (C=O) groups excluding carboxylic acids is 1. The van der Waals surface area contributed by atoms with Gasteiger partial charge >= 0.3 is 5.97 Å². The molecule has 1 unspecified atom stereocenters. The molecule has 0 fully saturated rings. The van der Waals surface area contributed by atoms with Crippen LogP contribution in [-0.2, 0) is 4.79 Å². The van der Waals surface area contributed by atoms with Crippen LogP contribution in [0.15, 0.2) is 103 Å². The second-order valence-electron chi connectivity index (χ2n) is 7.72. The largest absolute Gasteiger partial charge is 0.496 e. The Bertz CT molecular complexity index is 1460. The van der Waals surface area contributed by atoms with Gasteiger partial charge in [-0.15, -0.1) is 0 Å². The highest BCUT2D eigenvalue weighted by atomic mass is 19.1. The van der Waals surface area contributed by atoms with Gasteiger partial charge in [-0.2, -0.15) is 0 Å². The smallest absolute Gasteiger partial charge is 0.350 e. The number of halogens is 1. The van der Waals surface area contributed by atoms with Crippen molar-refractivity contribution >= 4 is 27.5 Å². The molecule has 0 radical (unpaired) electrons. The fourth-order valence-electron chi connectivity index (χ4n) is 4.19. The van der Waals surface area contributed by atoms with Crippen LogP contribution in [0.1, 0.15) is 11.7 Å². The van der Waals surface area contributed by atoms with Crippen molar-refractivity contribution in [2.75, 3.05) is 7.11 Å². The van der Waals surface area contributed by atoms with Crippen molar-refractivity contribution in [3.63, 3.8) is 0 Å². The number of methoxy groups -OCH3 is 1. The van der Waals surface area contributed by atoms with Gasteiger partial charge < -0.3 is 9.47 Å². The lowest BCUT2D eigenvalue weighted by Crippen LogP contribution is -2.15. The fourth-order valence-corrected chi connectivity index (χ4v) is 4.19. The minimum absolute atomic E-state index is 0.257. The lowest BCUT2D eigenvalue weighted by molar-refractivity contribution is -0.140. The van der Waals surface area contributed by atoms with Gasteiger partial charge in [0.1, 0.15) is 11.5 Å². The molecular formula is C29H21FO3. The minimum atomic E-state index is -1.89. The van der Waals surface area contributed by atoms with Gasteiger partial charge in [0.05, 0.1) is 7.11 Å². The van der Waals surface area contributed by atoms with Gasteiger partial charge in [0.2, 0.25) is 6.17 Å². The average Bonchev–Trinajstić information content (AvgIpc) is 2.88. The first kappa shape index (κ1) is 20.7. The van der Waals surface area contributed by atoms with Crippen LogP contribution in [0.5, 0.6) is 11.5 Å². The highest BCUT2D eigenvalue weighted by Gasteiger charge is 2.25. The summed E-state index contributed by atoms with van der Waals surface area (Å²) in [6.07, 6.45) is -1.89. The van der Waals surface area contributed by atoms with Crippen molar-refractivity contribution < 1.29 is 18.7 Å². The van der Waals surface area contributed by atoms with Gasteiger partial charge in [-0.05, 0) is 39.2 Å². The lowest BCUT2D eigenvalue weighted by atomic mass is 9.92. The summed E-state index contributed by atoms with van der Waals surface area (Å²) in [5.41, 5.74) is 1.74. The minimum Gasteiger partial charge on any atom is -0.496 e. The maximum atomic E-state index is 15.0.